The number of benzene rings is 1. The summed E-state index contributed by atoms with van der Waals surface area (Å²) in [6.45, 7) is 4.94. The summed E-state index contributed by atoms with van der Waals surface area (Å²) < 4.78 is 6.14. The summed E-state index contributed by atoms with van der Waals surface area (Å²) >= 11 is 0. The van der Waals surface area contributed by atoms with Crippen LogP contribution in [0.3, 0.4) is 0 Å². The average Bonchev–Trinajstić information content (AvgIpc) is 3.22. The third-order valence-corrected chi connectivity index (χ3v) is 6.20. The molecule has 7 heteroatoms. The van der Waals surface area contributed by atoms with E-state index >= 15 is 0 Å². The molecule has 1 amide bonds. The topological polar surface area (TPSA) is 90.5 Å². The van der Waals surface area contributed by atoms with Crippen molar-refractivity contribution in [2.75, 3.05) is 19.7 Å². The van der Waals surface area contributed by atoms with E-state index in [2.05, 4.69) is 20.4 Å². The van der Waals surface area contributed by atoms with E-state index in [0.717, 1.165) is 38.2 Å². The van der Waals surface area contributed by atoms with Gasteiger partial charge in [0.15, 0.2) is 0 Å². The number of carbonyl (C=O) groups is 1. The van der Waals surface area contributed by atoms with Gasteiger partial charge in [-0.1, -0.05) is 18.2 Å². The van der Waals surface area contributed by atoms with Crippen LogP contribution >= 0.6 is 0 Å². The smallest absolute Gasteiger partial charge is 0.251 e. The van der Waals surface area contributed by atoms with Crippen LogP contribution in [-0.4, -0.2) is 63.1 Å². The number of hydrogen-bond donors (Lipinski definition) is 3. The second-order valence-electron chi connectivity index (χ2n) is 8.16. The Balaban J connectivity index is 1.42. The predicted octanol–water partition coefficient (Wildman–Crippen LogP) is 1.71. The predicted molar refractivity (Wildman–Crippen MR) is 105 cm³/mol. The fourth-order valence-corrected chi connectivity index (χ4v) is 4.44. The zero-order chi connectivity index (χ0) is 19.6. The Morgan fingerprint density at radius 2 is 2.04 bits per heavy atom. The molecule has 150 valence electrons. The number of H-pyrrole nitrogens is 1. The van der Waals surface area contributed by atoms with Gasteiger partial charge in [0.25, 0.3) is 5.91 Å². The zero-order valence-electron chi connectivity index (χ0n) is 16.2. The Hall–Kier alpha value is -2.22. The minimum Gasteiger partial charge on any atom is -0.388 e. The molecule has 1 spiro atoms. The Bertz CT molecular complexity index is 787. The number of aromatic amines is 1. The summed E-state index contributed by atoms with van der Waals surface area (Å²) in [7, 11) is 0. The number of carbonyl (C=O) groups excluding carboxylic acids is 1. The first-order valence-electron chi connectivity index (χ1n) is 9.91. The number of nitrogens with one attached hydrogen (secondary N) is 2. The number of rotatable bonds is 4. The maximum Gasteiger partial charge on any atom is 0.251 e. The molecule has 4 rings (SSSR count). The Morgan fingerprint density at radius 1 is 1.29 bits per heavy atom. The number of amides is 1. The molecule has 1 aromatic carbocycles. The Labute approximate surface area is 165 Å². The van der Waals surface area contributed by atoms with Crippen LogP contribution in [0.2, 0.25) is 0 Å². The Kier molecular flexibility index (Phi) is 5.23. The highest BCUT2D eigenvalue weighted by Crippen LogP contribution is 2.40. The second kappa shape index (κ2) is 7.66. The first-order chi connectivity index (χ1) is 13.5. The Morgan fingerprint density at radius 3 is 2.71 bits per heavy atom. The van der Waals surface area contributed by atoms with Gasteiger partial charge in [0, 0.05) is 43.7 Å². The lowest BCUT2D eigenvalue weighted by atomic mass is 9.73. The number of hydrogen-bond acceptors (Lipinski definition) is 5. The fourth-order valence-electron chi connectivity index (χ4n) is 4.44. The van der Waals surface area contributed by atoms with E-state index in [9.17, 15) is 9.90 Å². The van der Waals surface area contributed by atoms with Crippen LogP contribution in [0.1, 0.15) is 42.2 Å². The van der Waals surface area contributed by atoms with Gasteiger partial charge in [0.05, 0.1) is 11.1 Å². The molecule has 2 atom stereocenters. The minimum atomic E-state index is -0.754. The second-order valence-corrected chi connectivity index (χ2v) is 8.16. The molecule has 0 bridgehead atoms. The molecule has 2 fully saturated rings. The van der Waals surface area contributed by atoms with Gasteiger partial charge in [0.2, 0.25) is 0 Å². The molecular weight excluding hydrogens is 356 g/mol. The summed E-state index contributed by atoms with van der Waals surface area (Å²) in [5.41, 5.74) is 0.366. The van der Waals surface area contributed by atoms with Gasteiger partial charge in [0.1, 0.15) is 6.10 Å². The maximum atomic E-state index is 12.7. The highest BCUT2D eigenvalue weighted by Gasteiger charge is 2.53. The molecule has 3 heterocycles. The van der Waals surface area contributed by atoms with Crippen molar-refractivity contribution in [2.45, 2.75) is 50.0 Å². The number of ether oxygens (including phenoxy) is 1. The first kappa shape index (κ1) is 19.1. The van der Waals surface area contributed by atoms with E-state index in [1.54, 1.807) is 18.3 Å². The molecule has 1 aromatic heterocycles. The number of aliphatic hydroxyl groups is 1. The number of aromatic nitrogens is 2. The van der Waals surface area contributed by atoms with E-state index in [1.807, 2.05) is 31.2 Å². The summed E-state index contributed by atoms with van der Waals surface area (Å²) in [5.74, 6) is -0.157. The minimum absolute atomic E-state index is 0.157. The molecule has 0 saturated carbocycles. The zero-order valence-corrected chi connectivity index (χ0v) is 16.2. The third-order valence-electron chi connectivity index (χ3n) is 6.20. The molecule has 3 N–H and O–H groups in total. The lowest BCUT2D eigenvalue weighted by Gasteiger charge is -2.53. The van der Waals surface area contributed by atoms with Crippen molar-refractivity contribution in [1.29, 1.82) is 0 Å². The van der Waals surface area contributed by atoms with Gasteiger partial charge < -0.3 is 15.2 Å². The van der Waals surface area contributed by atoms with E-state index in [0.29, 0.717) is 18.6 Å². The largest absolute Gasteiger partial charge is 0.388 e. The van der Waals surface area contributed by atoms with Gasteiger partial charge in [-0.2, -0.15) is 5.10 Å². The molecular formula is C21H28N4O3. The fraction of sp³-hybridized carbons (Fsp3) is 0.524. The van der Waals surface area contributed by atoms with Crippen molar-refractivity contribution in [3.05, 3.63) is 53.9 Å². The molecule has 0 unspecified atom stereocenters. The third kappa shape index (κ3) is 3.70. The summed E-state index contributed by atoms with van der Waals surface area (Å²) in [5, 5.41) is 21.3. The van der Waals surface area contributed by atoms with Crippen LogP contribution in [0.4, 0.5) is 0 Å². The lowest BCUT2D eigenvalue weighted by molar-refractivity contribution is -0.206. The first-order valence-corrected chi connectivity index (χ1v) is 9.91. The van der Waals surface area contributed by atoms with Crippen molar-refractivity contribution in [1.82, 2.24) is 20.4 Å². The van der Waals surface area contributed by atoms with Gasteiger partial charge in [-0.3, -0.25) is 14.8 Å². The summed E-state index contributed by atoms with van der Waals surface area (Å²) in [6.07, 6.45) is 3.07. The standard InChI is InChI=1S/C21H28N4O3/c1-20(23-18(26)16-5-3-2-4-6-16)10-14-28-21(19(20)27)8-12-25(13-9-21)15-17-7-11-22-24-17/h2-7,11,19,27H,8-10,12-15H2,1H3,(H,22,24)(H,23,26)/t19-,20+/m0/s1. The van der Waals surface area contributed by atoms with Crippen molar-refractivity contribution in [3.8, 4) is 0 Å². The summed E-state index contributed by atoms with van der Waals surface area (Å²) in [4.78, 5) is 15.0. The highest BCUT2D eigenvalue weighted by molar-refractivity contribution is 5.94. The molecule has 0 radical (unpaired) electrons. The van der Waals surface area contributed by atoms with Gasteiger partial charge in [-0.15, -0.1) is 0 Å². The summed E-state index contributed by atoms with van der Waals surface area (Å²) in [6, 6.07) is 11.1. The molecule has 28 heavy (non-hydrogen) atoms. The van der Waals surface area contributed by atoms with E-state index in [1.165, 1.54) is 0 Å². The van der Waals surface area contributed by atoms with Crippen LogP contribution in [0.15, 0.2) is 42.6 Å². The van der Waals surface area contributed by atoms with Crippen molar-refractivity contribution < 1.29 is 14.6 Å². The number of nitrogens with zero attached hydrogens (tertiary/aromatic N) is 2. The number of piperidine rings is 1. The van der Waals surface area contributed by atoms with Crippen molar-refractivity contribution >= 4 is 5.91 Å². The molecule has 0 aliphatic carbocycles. The van der Waals surface area contributed by atoms with Crippen LogP contribution < -0.4 is 5.32 Å². The van der Waals surface area contributed by atoms with E-state index < -0.39 is 17.2 Å². The maximum absolute atomic E-state index is 12.7. The molecule has 2 aliphatic rings. The molecule has 7 nitrogen and oxygen atoms in total. The van der Waals surface area contributed by atoms with Crippen LogP contribution in [0.25, 0.3) is 0 Å². The van der Waals surface area contributed by atoms with Crippen molar-refractivity contribution in [3.63, 3.8) is 0 Å². The SMILES string of the molecule is C[C@@]1(NC(=O)c2ccccc2)CCOC2(CCN(Cc3ccn[nH]3)CC2)[C@H]1O. The van der Waals surface area contributed by atoms with Crippen LogP contribution in [0, 0.1) is 0 Å². The monoisotopic (exact) mass is 384 g/mol. The van der Waals surface area contributed by atoms with Crippen molar-refractivity contribution in [2.24, 2.45) is 0 Å². The molecule has 2 saturated heterocycles. The lowest BCUT2D eigenvalue weighted by Crippen LogP contribution is -2.69. The quantitative estimate of drug-likeness (QED) is 0.747. The van der Waals surface area contributed by atoms with Gasteiger partial charge >= 0.3 is 0 Å². The highest BCUT2D eigenvalue weighted by atomic mass is 16.5. The van der Waals surface area contributed by atoms with Gasteiger partial charge in [-0.05, 0) is 44.4 Å². The molecule has 2 aliphatic heterocycles. The number of aliphatic hydroxyl groups excluding tert-OH is 1. The number of likely N-dealkylation sites (tertiary alicyclic amines) is 1. The molecule has 2 aromatic rings. The van der Waals surface area contributed by atoms with Crippen LogP contribution in [0.5, 0.6) is 0 Å². The normalized spacial score (nSPS) is 27.6. The van der Waals surface area contributed by atoms with E-state index in [-0.39, 0.29) is 5.91 Å². The van der Waals surface area contributed by atoms with Crippen LogP contribution in [-0.2, 0) is 11.3 Å². The van der Waals surface area contributed by atoms with E-state index in [4.69, 9.17) is 4.74 Å². The average molecular weight is 384 g/mol. The van der Waals surface area contributed by atoms with Gasteiger partial charge in [-0.25, -0.2) is 0 Å².